The monoisotopic (exact) mass is 297 g/mol. The van der Waals surface area contributed by atoms with Crippen molar-refractivity contribution in [2.24, 2.45) is 0 Å². The molecule has 1 amide bonds. The van der Waals surface area contributed by atoms with Crippen LogP contribution in [0, 0.1) is 0 Å². The minimum atomic E-state index is -1.02. The fraction of sp³-hybridized carbons (Fsp3) is 0.533. The van der Waals surface area contributed by atoms with Crippen molar-refractivity contribution >= 4 is 11.8 Å². The Hall–Kier alpha value is -1.79. The minimum Gasteiger partial charge on any atom is -0.494 e. The Bertz CT molecular complexity index is 463. The molecule has 0 aliphatic heterocycles. The van der Waals surface area contributed by atoms with E-state index in [-0.39, 0.29) is 6.04 Å². The largest absolute Gasteiger partial charge is 0.494 e. The van der Waals surface area contributed by atoms with Gasteiger partial charge in [0.25, 0.3) is 0 Å². The van der Waals surface area contributed by atoms with Crippen molar-refractivity contribution < 1.29 is 24.1 Å². The molecule has 1 N–H and O–H groups in total. The Morgan fingerprint density at radius 1 is 1.33 bits per heavy atom. The smallest absolute Gasteiger partial charge is 0.412 e. The third kappa shape index (κ3) is 4.61. The van der Waals surface area contributed by atoms with Gasteiger partial charge in [0.15, 0.2) is 0 Å². The van der Waals surface area contributed by atoms with Crippen LogP contribution >= 0.6 is 0 Å². The molecule has 1 rings (SSSR count). The number of amides is 1. The molecule has 0 heterocycles. The Kier molecular flexibility index (Phi) is 6.98. The molecular formula is C15H23NO5. The zero-order valence-electron chi connectivity index (χ0n) is 13.0. The number of methoxy groups -OCH3 is 2. The number of nitrogens with zero attached hydrogens (tertiary/aromatic N) is 1. The molecule has 0 bridgehead atoms. The van der Waals surface area contributed by atoms with E-state index in [1.807, 2.05) is 6.92 Å². The molecule has 6 heteroatoms. The van der Waals surface area contributed by atoms with Crippen LogP contribution in [0.5, 0.6) is 5.75 Å². The number of hydrogen-bond acceptors (Lipinski definition) is 4. The maximum absolute atomic E-state index is 11.5. The van der Waals surface area contributed by atoms with Crippen molar-refractivity contribution in [1.29, 1.82) is 0 Å². The second-order valence-corrected chi connectivity index (χ2v) is 4.61. The van der Waals surface area contributed by atoms with Gasteiger partial charge in [0.1, 0.15) is 5.75 Å². The highest BCUT2D eigenvalue weighted by molar-refractivity contribution is 5.87. The second kappa shape index (κ2) is 8.49. The molecule has 0 fully saturated rings. The van der Waals surface area contributed by atoms with Crippen molar-refractivity contribution in [1.82, 2.24) is 0 Å². The summed E-state index contributed by atoms with van der Waals surface area (Å²) in [6.07, 6.45) is -1.02. The summed E-state index contributed by atoms with van der Waals surface area (Å²) in [5.41, 5.74) is 1.38. The summed E-state index contributed by atoms with van der Waals surface area (Å²) in [6.45, 7) is 4.91. The first-order chi connectivity index (χ1) is 10.0. The summed E-state index contributed by atoms with van der Waals surface area (Å²) in [7, 11) is 3.13. The number of rotatable bonds is 8. The molecule has 0 aliphatic rings. The van der Waals surface area contributed by atoms with E-state index in [1.165, 1.54) is 4.90 Å². The van der Waals surface area contributed by atoms with Crippen molar-refractivity contribution in [3.63, 3.8) is 0 Å². The summed E-state index contributed by atoms with van der Waals surface area (Å²) < 4.78 is 15.7. The first-order valence-corrected chi connectivity index (χ1v) is 6.80. The number of carboxylic acid groups (broad SMARTS) is 1. The van der Waals surface area contributed by atoms with Gasteiger partial charge >= 0.3 is 6.09 Å². The van der Waals surface area contributed by atoms with Crippen LogP contribution in [-0.4, -0.2) is 44.7 Å². The number of carbonyl (C=O) groups is 1. The van der Waals surface area contributed by atoms with Crippen LogP contribution in [0.2, 0.25) is 0 Å². The zero-order chi connectivity index (χ0) is 15.8. The van der Waals surface area contributed by atoms with Gasteiger partial charge in [0, 0.05) is 25.5 Å². The van der Waals surface area contributed by atoms with Gasteiger partial charge in [-0.3, -0.25) is 4.90 Å². The maximum atomic E-state index is 11.5. The van der Waals surface area contributed by atoms with E-state index >= 15 is 0 Å². The molecule has 0 saturated carbocycles. The Labute approximate surface area is 125 Å². The molecule has 1 aromatic carbocycles. The van der Waals surface area contributed by atoms with E-state index in [4.69, 9.17) is 14.2 Å². The van der Waals surface area contributed by atoms with E-state index in [0.717, 1.165) is 5.56 Å². The highest BCUT2D eigenvalue weighted by atomic mass is 16.5. The predicted molar refractivity (Wildman–Crippen MR) is 80.2 cm³/mol. The highest BCUT2D eigenvalue weighted by Gasteiger charge is 2.22. The number of ether oxygens (including phenoxy) is 3. The van der Waals surface area contributed by atoms with Gasteiger partial charge in [0.2, 0.25) is 0 Å². The zero-order valence-corrected chi connectivity index (χ0v) is 13.0. The minimum absolute atomic E-state index is 0.291. The summed E-state index contributed by atoms with van der Waals surface area (Å²) in [5.74, 6) is 0.702. The van der Waals surface area contributed by atoms with E-state index in [9.17, 15) is 9.90 Å². The molecule has 118 valence electrons. The van der Waals surface area contributed by atoms with Gasteiger partial charge in [-0.25, -0.2) is 4.79 Å². The lowest BCUT2D eigenvalue weighted by Gasteiger charge is -2.26. The molecule has 1 unspecified atom stereocenters. The summed E-state index contributed by atoms with van der Waals surface area (Å²) in [4.78, 5) is 12.8. The Morgan fingerprint density at radius 3 is 2.57 bits per heavy atom. The quantitative estimate of drug-likeness (QED) is 0.799. The lowest BCUT2D eigenvalue weighted by Crippen LogP contribution is -2.40. The number of hydrogen-bond donors (Lipinski definition) is 1. The van der Waals surface area contributed by atoms with Crippen LogP contribution < -0.4 is 9.64 Å². The standard InChI is InChI=1S/C15H23NO5/c1-5-21-14-7-6-13(8-12(14)10-20-4)16(15(17)18)11(2)9-19-3/h6-8,11H,5,9-10H2,1-4H3,(H,17,18). The molecule has 1 aromatic rings. The summed E-state index contributed by atoms with van der Waals surface area (Å²) in [6, 6.07) is 4.97. The van der Waals surface area contributed by atoms with Crippen molar-refractivity contribution in [2.75, 3.05) is 32.3 Å². The van der Waals surface area contributed by atoms with Crippen LogP contribution in [0.1, 0.15) is 19.4 Å². The molecule has 0 aromatic heterocycles. The molecule has 0 spiro atoms. The number of benzene rings is 1. The van der Waals surface area contributed by atoms with Gasteiger partial charge in [-0.15, -0.1) is 0 Å². The van der Waals surface area contributed by atoms with Crippen molar-refractivity contribution in [3.8, 4) is 5.75 Å². The van der Waals surface area contributed by atoms with E-state index in [0.29, 0.717) is 31.3 Å². The lowest BCUT2D eigenvalue weighted by atomic mass is 10.1. The Balaban J connectivity index is 3.14. The molecule has 21 heavy (non-hydrogen) atoms. The van der Waals surface area contributed by atoms with Crippen LogP contribution in [-0.2, 0) is 16.1 Å². The van der Waals surface area contributed by atoms with Gasteiger partial charge < -0.3 is 19.3 Å². The van der Waals surface area contributed by atoms with Crippen LogP contribution in [0.4, 0.5) is 10.5 Å². The number of anilines is 1. The van der Waals surface area contributed by atoms with Crippen LogP contribution in [0.15, 0.2) is 18.2 Å². The van der Waals surface area contributed by atoms with Crippen LogP contribution in [0.3, 0.4) is 0 Å². The van der Waals surface area contributed by atoms with E-state index in [2.05, 4.69) is 0 Å². The fourth-order valence-corrected chi connectivity index (χ4v) is 2.15. The Morgan fingerprint density at radius 2 is 2.05 bits per heavy atom. The van der Waals surface area contributed by atoms with Crippen LogP contribution in [0.25, 0.3) is 0 Å². The SMILES string of the molecule is CCOc1ccc(N(C(=O)O)C(C)COC)cc1COC. The molecule has 6 nitrogen and oxygen atoms in total. The van der Waals surface area contributed by atoms with Gasteiger partial charge in [-0.05, 0) is 32.0 Å². The van der Waals surface area contributed by atoms with Gasteiger partial charge in [-0.2, -0.15) is 0 Å². The van der Waals surface area contributed by atoms with Gasteiger partial charge in [-0.1, -0.05) is 0 Å². The second-order valence-electron chi connectivity index (χ2n) is 4.61. The van der Waals surface area contributed by atoms with E-state index < -0.39 is 6.09 Å². The van der Waals surface area contributed by atoms with Gasteiger partial charge in [0.05, 0.1) is 25.9 Å². The normalized spacial score (nSPS) is 12.0. The average molecular weight is 297 g/mol. The maximum Gasteiger partial charge on any atom is 0.412 e. The lowest BCUT2D eigenvalue weighted by molar-refractivity contribution is 0.168. The van der Waals surface area contributed by atoms with E-state index in [1.54, 1.807) is 39.3 Å². The first-order valence-electron chi connectivity index (χ1n) is 6.80. The predicted octanol–water partition coefficient (Wildman–Crippen LogP) is 2.75. The molecular weight excluding hydrogens is 274 g/mol. The molecule has 0 aliphatic carbocycles. The highest BCUT2D eigenvalue weighted by Crippen LogP contribution is 2.27. The fourth-order valence-electron chi connectivity index (χ4n) is 2.15. The topological polar surface area (TPSA) is 68.2 Å². The van der Waals surface area contributed by atoms with Crippen molar-refractivity contribution in [3.05, 3.63) is 23.8 Å². The molecule has 0 radical (unpaired) electrons. The third-order valence-electron chi connectivity index (χ3n) is 2.98. The molecule has 1 atom stereocenters. The van der Waals surface area contributed by atoms with Crippen molar-refractivity contribution in [2.45, 2.75) is 26.5 Å². The third-order valence-corrected chi connectivity index (χ3v) is 2.98. The molecule has 0 saturated heterocycles. The summed E-state index contributed by atoms with van der Waals surface area (Å²) in [5, 5.41) is 9.43. The summed E-state index contributed by atoms with van der Waals surface area (Å²) >= 11 is 0. The first kappa shape index (κ1) is 17.3. The average Bonchev–Trinajstić information content (AvgIpc) is 2.42.